The smallest absolute Gasteiger partial charge is 0.119 e. The van der Waals surface area contributed by atoms with Crippen molar-refractivity contribution in [3.05, 3.63) is 166 Å². The lowest BCUT2D eigenvalue weighted by Gasteiger charge is -2.31. The fraction of sp³-hybridized carbons (Fsp3) is 0.211. The second-order valence-corrected chi connectivity index (χ2v) is 11.8. The molecule has 2 N–H and O–H groups in total. The van der Waals surface area contributed by atoms with Gasteiger partial charge in [-0.05, 0) is 56.6 Å². The molecule has 5 aromatic carbocycles. The molecule has 0 aliphatic rings. The first-order valence-corrected chi connectivity index (χ1v) is 14.0. The van der Waals surface area contributed by atoms with E-state index in [-0.39, 0.29) is 10.8 Å². The summed E-state index contributed by atoms with van der Waals surface area (Å²) in [5.74, 6) is 0.661. The van der Waals surface area contributed by atoms with Gasteiger partial charge in [0.2, 0.25) is 0 Å². The van der Waals surface area contributed by atoms with Crippen molar-refractivity contribution in [2.45, 2.75) is 51.4 Å². The van der Waals surface area contributed by atoms with E-state index in [0.717, 1.165) is 11.1 Å². The van der Waals surface area contributed by atoms with Crippen LogP contribution in [0.1, 0.15) is 72.2 Å². The largest absolute Gasteiger partial charge is 0.508 e. The number of hydrogen-bond acceptors (Lipinski definition) is 2. The maximum atomic E-state index is 10.6. The van der Waals surface area contributed by atoms with Crippen molar-refractivity contribution in [3.8, 4) is 11.5 Å². The quantitative estimate of drug-likeness (QED) is 0.212. The van der Waals surface area contributed by atoms with E-state index in [0.29, 0.717) is 24.3 Å². The molecular formula is C38H38O2. The molecule has 0 saturated heterocycles. The van der Waals surface area contributed by atoms with E-state index in [1.54, 1.807) is 0 Å². The van der Waals surface area contributed by atoms with Gasteiger partial charge in [-0.25, -0.2) is 0 Å². The van der Waals surface area contributed by atoms with E-state index in [1.165, 1.54) is 33.4 Å². The Labute approximate surface area is 238 Å². The minimum atomic E-state index is -0.265. The van der Waals surface area contributed by atoms with Crippen molar-refractivity contribution in [3.63, 3.8) is 0 Å². The normalized spacial score (nSPS) is 11.9. The van der Waals surface area contributed by atoms with Crippen LogP contribution in [-0.4, -0.2) is 10.2 Å². The summed E-state index contributed by atoms with van der Waals surface area (Å²) in [5.41, 5.74) is 8.47. The molecule has 5 rings (SSSR count). The zero-order valence-corrected chi connectivity index (χ0v) is 23.9. The van der Waals surface area contributed by atoms with Gasteiger partial charge in [-0.15, -0.1) is 0 Å². The highest BCUT2D eigenvalue weighted by atomic mass is 16.3. The van der Waals surface area contributed by atoms with Gasteiger partial charge in [-0.1, -0.05) is 137 Å². The molecule has 0 spiro atoms. The van der Waals surface area contributed by atoms with Gasteiger partial charge in [-0.2, -0.15) is 0 Å². The summed E-state index contributed by atoms with van der Waals surface area (Å²) in [6, 6.07) is 41.4. The summed E-state index contributed by atoms with van der Waals surface area (Å²) in [7, 11) is 0. The van der Waals surface area contributed by atoms with Crippen LogP contribution in [0.3, 0.4) is 0 Å². The Morgan fingerprint density at radius 2 is 0.800 bits per heavy atom. The molecule has 0 unspecified atom stereocenters. The highest BCUT2D eigenvalue weighted by molar-refractivity contribution is 5.50. The van der Waals surface area contributed by atoms with Crippen molar-refractivity contribution in [1.29, 1.82) is 0 Å². The molecule has 0 bridgehead atoms. The van der Waals surface area contributed by atoms with Crippen LogP contribution < -0.4 is 0 Å². The monoisotopic (exact) mass is 526 g/mol. The predicted octanol–water partition coefficient (Wildman–Crippen LogP) is 8.93. The molecule has 0 aliphatic heterocycles. The van der Waals surface area contributed by atoms with Crippen molar-refractivity contribution < 1.29 is 10.2 Å². The molecule has 0 aliphatic carbocycles. The Bertz CT molecular complexity index is 1480. The second kappa shape index (κ2) is 11.1. The Morgan fingerprint density at radius 3 is 1.20 bits per heavy atom. The van der Waals surface area contributed by atoms with Crippen LogP contribution in [0.25, 0.3) is 0 Å². The first-order chi connectivity index (χ1) is 19.1. The molecular weight excluding hydrogens is 488 g/mol. The maximum absolute atomic E-state index is 10.6. The third kappa shape index (κ3) is 5.67. The van der Waals surface area contributed by atoms with E-state index < -0.39 is 0 Å². The van der Waals surface area contributed by atoms with Crippen molar-refractivity contribution >= 4 is 0 Å². The minimum Gasteiger partial charge on any atom is -0.508 e. The molecule has 2 heteroatoms. The zero-order chi connectivity index (χ0) is 28.3. The minimum absolute atomic E-state index is 0.265. The van der Waals surface area contributed by atoms with E-state index in [4.69, 9.17) is 0 Å². The van der Waals surface area contributed by atoms with E-state index in [9.17, 15) is 10.2 Å². The van der Waals surface area contributed by atoms with Gasteiger partial charge in [-0.3, -0.25) is 0 Å². The summed E-state index contributed by atoms with van der Waals surface area (Å²) in [4.78, 5) is 0. The highest BCUT2D eigenvalue weighted by Crippen LogP contribution is 2.39. The van der Waals surface area contributed by atoms with Crippen LogP contribution in [0.4, 0.5) is 0 Å². The first kappa shape index (κ1) is 27.3. The molecule has 0 saturated carbocycles. The third-order valence-corrected chi connectivity index (χ3v) is 8.38. The Balaban J connectivity index is 1.46. The zero-order valence-electron chi connectivity index (χ0n) is 23.9. The molecule has 5 aromatic rings. The van der Waals surface area contributed by atoms with E-state index in [2.05, 4.69) is 88.4 Å². The fourth-order valence-electron chi connectivity index (χ4n) is 5.49. The van der Waals surface area contributed by atoms with Gasteiger partial charge in [0.1, 0.15) is 11.5 Å². The van der Waals surface area contributed by atoms with Crippen molar-refractivity contribution in [2.24, 2.45) is 0 Å². The lowest BCUT2D eigenvalue weighted by atomic mass is 9.73. The topological polar surface area (TPSA) is 40.5 Å². The van der Waals surface area contributed by atoms with Crippen LogP contribution in [0.2, 0.25) is 0 Å². The van der Waals surface area contributed by atoms with Gasteiger partial charge >= 0.3 is 0 Å². The lowest BCUT2D eigenvalue weighted by Crippen LogP contribution is -2.23. The predicted molar refractivity (Wildman–Crippen MR) is 165 cm³/mol. The molecule has 0 radical (unpaired) electrons. The number of rotatable bonds is 8. The average molecular weight is 527 g/mol. The van der Waals surface area contributed by atoms with Gasteiger partial charge < -0.3 is 10.2 Å². The molecule has 0 heterocycles. The van der Waals surface area contributed by atoms with E-state index in [1.807, 2.05) is 60.7 Å². The average Bonchev–Trinajstić information content (AvgIpc) is 2.96. The summed E-state index contributed by atoms with van der Waals surface area (Å²) in [6.07, 6.45) is 1.38. The molecule has 40 heavy (non-hydrogen) atoms. The molecule has 0 amide bonds. The van der Waals surface area contributed by atoms with Gasteiger partial charge in [0, 0.05) is 23.7 Å². The van der Waals surface area contributed by atoms with Crippen LogP contribution in [-0.2, 0) is 23.7 Å². The molecule has 0 fully saturated rings. The maximum Gasteiger partial charge on any atom is 0.119 e. The van der Waals surface area contributed by atoms with Gasteiger partial charge in [0.25, 0.3) is 0 Å². The molecule has 202 valence electrons. The highest BCUT2D eigenvalue weighted by Gasteiger charge is 2.29. The first-order valence-electron chi connectivity index (χ1n) is 14.0. The summed E-state index contributed by atoms with van der Waals surface area (Å²) >= 11 is 0. The molecule has 2 nitrogen and oxygen atoms in total. The number of hydrogen-bond donors (Lipinski definition) is 2. The van der Waals surface area contributed by atoms with Crippen LogP contribution in [0.5, 0.6) is 11.5 Å². The number of aromatic hydroxyl groups is 2. The van der Waals surface area contributed by atoms with Gasteiger partial charge in [0.05, 0.1) is 0 Å². The molecule has 0 aromatic heterocycles. The number of phenols is 2. The van der Waals surface area contributed by atoms with Crippen molar-refractivity contribution in [1.82, 2.24) is 0 Å². The SMILES string of the molecule is CC(C)(c1cccc(C(C)(C)c2ccc(O)c(Cc3ccccc3)c2)c1)c1ccc(O)c(Cc2ccccc2)c1. The Morgan fingerprint density at radius 1 is 0.425 bits per heavy atom. The fourth-order valence-corrected chi connectivity index (χ4v) is 5.49. The molecule has 0 atom stereocenters. The second-order valence-electron chi connectivity index (χ2n) is 11.8. The Kier molecular flexibility index (Phi) is 7.54. The van der Waals surface area contributed by atoms with Gasteiger partial charge in [0.15, 0.2) is 0 Å². The van der Waals surface area contributed by atoms with E-state index >= 15 is 0 Å². The Hall–Kier alpha value is -4.30. The summed E-state index contributed by atoms with van der Waals surface area (Å²) in [6.45, 7) is 8.99. The standard InChI is InChI=1S/C38H38O2/c1-37(2,33-18-20-35(39)29(24-33)22-27-12-7-5-8-13-27)31-16-11-17-32(26-31)38(3,4)34-19-21-36(40)30(25-34)23-28-14-9-6-10-15-28/h5-21,24-26,39-40H,22-23H2,1-4H3. The van der Waals surface area contributed by atoms with Crippen LogP contribution >= 0.6 is 0 Å². The third-order valence-electron chi connectivity index (χ3n) is 8.38. The number of phenolic OH excluding ortho intramolecular Hbond substituents is 2. The number of benzene rings is 5. The summed E-state index contributed by atoms with van der Waals surface area (Å²) in [5, 5.41) is 21.3. The van der Waals surface area contributed by atoms with Crippen molar-refractivity contribution in [2.75, 3.05) is 0 Å². The van der Waals surface area contributed by atoms with Crippen LogP contribution in [0.15, 0.2) is 121 Å². The van der Waals surface area contributed by atoms with Crippen LogP contribution in [0, 0.1) is 0 Å². The summed E-state index contributed by atoms with van der Waals surface area (Å²) < 4.78 is 0. The lowest BCUT2D eigenvalue weighted by molar-refractivity contribution is 0.468.